The van der Waals surface area contributed by atoms with E-state index in [1.54, 1.807) is 10.9 Å². The molecule has 5 heteroatoms. The zero-order valence-corrected chi connectivity index (χ0v) is 12.2. The number of halogens is 1. The van der Waals surface area contributed by atoms with Gasteiger partial charge in [-0.1, -0.05) is 25.7 Å². The van der Waals surface area contributed by atoms with Gasteiger partial charge in [-0.3, -0.25) is 9.48 Å². The van der Waals surface area contributed by atoms with Crippen LogP contribution in [0.3, 0.4) is 0 Å². The van der Waals surface area contributed by atoms with Crippen molar-refractivity contribution in [2.45, 2.75) is 57.6 Å². The van der Waals surface area contributed by atoms with Crippen molar-refractivity contribution in [1.82, 2.24) is 9.78 Å². The summed E-state index contributed by atoms with van der Waals surface area (Å²) < 4.78 is 2.32. The van der Waals surface area contributed by atoms with Crippen LogP contribution in [0, 0.1) is 0 Å². The van der Waals surface area contributed by atoms with Gasteiger partial charge in [0.2, 0.25) is 5.78 Å². The maximum atomic E-state index is 12.6. The number of rotatable bonds is 3. The summed E-state index contributed by atoms with van der Waals surface area (Å²) in [6, 6.07) is 0. The average Bonchev–Trinajstić information content (AvgIpc) is 2.57. The standard InChI is InChI=1S/C13H19BrN2O2/c1-2-16-11(10(14)9-15-16)12(17)13(18)7-5-3-4-6-8-13/h9,18H,2-8H2,1H3. The number of hydrogen-bond donors (Lipinski definition) is 1. The molecule has 0 radical (unpaired) electrons. The van der Waals surface area contributed by atoms with E-state index in [1.165, 1.54) is 0 Å². The fraction of sp³-hybridized carbons (Fsp3) is 0.692. The molecule has 1 saturated carbocycles. The molecule has 2 rings (SSSR count). The molecule has 18 heavy (non-hydrogen) atoms. The molecule has 0 aliphatic heterocycles. The number of hydrogen-bond acceptors (Lipinski definition) is 3. The van der Waals surface area contributed by atoms with Gasteiger partial charge in [0.15, 0.2) is 0 Å². The Kier molecular flexibility index (Phi) is 4.22. The van der Waals surface area contributed by atoms with Gasteiger partial charge in [0.1, 0.15) is 11.3 Å². The predicted molar refractivity (Wildman–Crippen MR) is 72.6 cm³/mol. The van der Waals surface area contributed by atoms with E-state index in [-0.39, 0.29) is 5.78 Å². The van der Waals surface area contributed by atoms with E-state index in [1.807, 2.05) is 6.92 Å². The molecule has 0 amide bonds. The molecule has 0 saturated heterocycles. The number of carbonyl (C=O) groups is 1. The average molecular weight is 315 g/mol. The highest BCUT2D eigenvalue weighted by Gasteiger charge is 2.39. The van der Waals surface area contributed by atoms with E-state index < -0.39 is 5.60 Å². The smallest absolute Gasteiger partial charge is 0.213 e. The molecular weight excluding hydrogens is 296 g/mol. The number of nitrogens with zero attached hydrogens (tertiary/aromatic N) is 2. The number of aromatic nitrogens is 2. The van der Waals surface area contributed by atoms with Crippen molar-refractivity contribution < 1.29 is 9.90 Å². The minimum absolute atomic E-state index is 0.185. The molecule has 4 nitrogen and oxygen atoms in total. The van der Waals surface area contributed by atoms with Gasteiger partial charge < -0.3 is 5.11 Å². The molecule has 1 aromatic rings. The Morgan fingerprint density at radius 2 is 2.06 bits per heavy atom. The van der Waals surface area contributed by atoms with Crippen molar-refractivity contribution >= 4 is 21.7 Å². The van der Waals surface area contributed by atoms with Crippen molar-refractivity contribution in [3.8, 4) is 0 Å². The molecule has 1 fully saturated rings. The normalized spacial score (nSPS) is 19.5. The van der Waals surface area contributed by atoms with Crippen LogP contribution in [0.4, 0.5) is 0 Å². The quantitative estimate of drug-likeness (QED) is 0.689. The first kappa shape index (κ1) is 13.7. The molecule has 0 spiro atoms. The molecule has 0 aromatic carbocycles. The van der Waals surface area contributed by atoms with Gasteiger partial charge in [-0.2, -0.15) is 5.10 Å². The number of aliphatic hydroxyl groups is 1. The van der Waals surface area contributed by atoms with Crippen molar-refractivity contribution in [2.24, 2.45) is 0 Å². The van der Waals surface area contributed by atoms with E-state index in [0.717, 1.165) is 25.7 Å². The summed E-state index contributed by atoms with van der Waals surface area (Å²) in [7, 11) is 0. The summed E-state index contributed by atoms with van der Waals surface area (Å²) in [6.07, 6.45) is 6.78. The Balaban J connectivity index is 2.31. The third-order valence-electron chi connectivity index (χ3n) is 3.66. The summed E-state index contributed by atoms with van der Waals surface area (Å²) >= 11 is 3.35. The molecule has 1 aliphatic rings. The second-order valence-corrected chi connectivity index (χ2v) is 5.79. The second-order valence-electron chi connectivity index (χ2n) is 4.93. The zero-order chi connectivity index (χ0) is 13.2. The monoisotopic (exact) mass is 314 g/mol. The van der Waals surface area contributed by atoms with Gasteiger partial charge in [0.05, 0.1) is 10.7 Å². The molecule has 100 valence electrons. The molecule has 1 N–H and O–H groups in total. The largest absolute Gasteiger partial charge is 0.382 e. The van der Waals surface area contributed by atoms with Crippen LogP contribution >= 0.6 is 15.9 Å². The number of ketones is 1. The minimum atomic E-state index is -1.20. The molecule has 1 aliphatic carbocycles. The van der Waals surface area contributed by atoms with Crippen LogP contribution in [-0.4, -0.2) is 26.3 Å². The van der Waals surface area contributed by atoms with Crippen LogP contribution in [0.5, 0.6) is 0 Å². The molecule has 0 unspecified atom stereocenters. The second kappa shape index (κ2) is 5.53. The van der Waals surface area contributed by atoms with Crippen molar-refractivity contribution in [3.05, 3.63) is 16.4 Å². The fourth-order valence-electron chi connectivity index (χ4n) is 2.59. The molecule has 0 bridgehead atoms. The van der Waals surface area contributed by atoms with Crippen LogP contribution in [0.2, 0.25) is 0 Å². The van der Waals surface area contributed by atoms with Gasteiger partial charge in [-0.15, -0.1) is 0 Å². The SMILES string of the molecule is CCn1ncc(Br)c1C(=O)C1(O)CCCCCC1. The first-order valence-corrected chi connectivity index (χ1v) is 7.36. The lowest BCUT2D eigenvalue weighted by Gasteiger charge is -2.25. The zero-order valence-electron chi connectivity index (χ0n) is 10.7. The van der Waals surface area contributed by atoms with E-state index in [4.69, 9.17) is 0 Å². The van der Waals surface area contributed by atoms with E-state index in [9.17, 15) is 9.90 Å². The topological polar surface area (TPSA) is 55.1 Å². The lowest BCUT2D eigenvalue weighted by Crippen LogP contribution is -2.39. The number of Topliss-reactive ketones (excluding diaryl/α,β-unsaturated/α-hetero) is 1. The maximum absolute atomic E-state index is 12.6. The summed E-state index contributed by atoms with van der Waals surface area (Å²) in [6.45, 7) is 2.57. The number of carbonyl (C=O) groups excluding carboxylic acids is 1. The van der Waals surface area contributed by atoms with Crippen LogP contribution in [0.1, 0.15) is 55.9 Å². The van der Waals surface area contributed by atoms with Gasteiger partial charge in [0.25, 0.3) is 0 Å². The fourth-order valence-corrected chi connectivity index (χ4v) is 3.07. The summed E-state index contributed by atoms with van der Waals surface area (Å²) in [4.78, 5) is 12.6. The van der Waals surface area contributed by atoms with Gasteiger partial charge in [0, 0.05) is 6.54 Å². The highest BCUT2D eigenvalue weighted by atomic mass is 79.9. The third-order valence-corrected chi connectivity index (χ3v) is 4.24. The lowest BCUT2D eigenvalue weighted by atomic mass is 9.88. The maximum Gasteiger partial charge on any atom is 0.213 e. The summed E-state index contributed by atoms with van der Waals surface area (Å²) in [5, 5.41) is 14.8. The van der Waals surface area contributed by atoms with Crippen LogP contribution in [-0.2, 0) is 6.54 Å². The Morgan fingerprint density at radius 3 is 2.61 bits per heavy atom. The predicted octanol–water partition coefficient (Wildman–Crippen LogP) is 2.93. The summed E-state index contributed by atoms with van der Waals surface area (Å²) in [5.74, 6) is -0.185. The Bertz CT molecular complexity index is 434. The van der Waals surface area contributed by atoms with Crippen molar-refractivity contribution in [2.75, 3.05) is 0 Å². The highest BCUT2D eigenvalue weighted by molar-refractivity contribution is 9.10. The van der Waals surface area contributed by atoms with Crippen LogP contribution < -0.4 is 0 Å². The van der Waals surface area contributed by atoms with E-state index >= 15 is 0 Å². The first-order chi connectivity index (χ1) is 8.58. The van der Waals surface area contributed by atoms with E-state index in [0.29, 0.717) is 29.6 Å². The van der Waals surface area contributed by atoms with Gasteiger partial charge in [-0.25, -0.2) is 0 Å². The van der Waals surface area contributed by atoms with Gasteiger partial charge >= 0.3 is 0 Å². The lowest BCUT2D eigenvalue weighted by molar-refractivity contribution is 0.0227. The first-order valence-electron chi connectivity index (χ1n) is 6.57. The van der Waals surface area contributed by atoms with Gasteiger partial charge in [-0.05, 0) is 35.7 Å². The molecule has 0 atom stereocenters. The minimum Gasteiger partial charge on any atom is -0.382 e. The van der Waals surface area contributed by atoms with Crippen molar-refractivity contribution in [3.63, 3.8) is 0 Å². The van der Waals surface area contributed by atoms with Crippen LogP contribution in [0.15, 0.2) is 10.7 Å². The Labute approximate surface area is 116 Å². The highest BCUT2D eigenvalue weighted by Crippen LogP contribution is 2.32. The van der Waals surface area contributed by atoms with Crippen molar-refractivity contribution in [1.29, 1.82) is 0 Å². The Morgan fingerprint density at radius 1 is 1.44 bits per heavy atom. The van der Waals surface area contributed by atoms with Crippen LogP contribution in [0.25, 0.3) is 0 Å². The van der Waals surface area contributed by atoms with E-state index in [2.05, 4.69) is 21.0 Å². The summed E-state index contributed by atoms with van der Waals surface area (Å²) in [5.41, 5.74) is -0.701. The molecule has 1 aromatic heterocycles. The Hall–Kier alpha value is -0.680. The molecular formula is C13H19BrN2O2. The number of aryl methyl sites for hydroxylation is 1. The third kappa shape index (κ3) is 2.52. The molecule has 1 heterocycles.